The van der Waals surface area contributed by atoms with Crippen molar-refractivity contribution in [2.75, 3.05) is 31.6 Å². The van der Waals surface area contributed by atoms with Gasteiger partial charge in [0.05, 0.1) is 4.92 Å². The van der Waals surface area contributed by atoms with E-state index in [9.17, 15) is 18.9 Å². The van der Waals surface area contributed by atoms with Crippen LogP contribution in [0, 0.1) is 27.7 Å². The first kappa shape index (κ1) is 14.6. The molecule has 1 N–H and O–H groups in total. The molecule has 110 valence electrons. The Labute approximate surface area is 115 Å². The maximum Gasteiger partial charge on any atom is 0.295 e. The summed E-state index contributed by atoms with van der Waals surface area (Å²) in [5.74, 6) is -1.96. The molecule has 0 saturated carbocycles. The first-order valence-electron chi connectivity index (χ1n) is 6.55. The zero-order chi connectivity index (χ0) is 14.7. The summed E-state index contributed by atoms with van der Waals surface area (Å²) in [4.78, 5) is 11.7. The fourth-order valence-corrected chi connectivity index (χ4v) is 2.60. The molecule has 1 aliphatic heterocycles. The van der Waals surface area contributed by atoms with E-state index in [4.69, 9.17) is 0 Å². The molecule has 0 bridgehead atoms. The third-order valence-electron chi connectivity index (χ3n) is 3.56. The van der Waals surface area contributed by atoms with Crippen molar-refractivity contribution >= 4 is 11.4 Å². The lowest BCUT2D eigenvalue weighted by Crippen LogP contribution is -2.37. The minimum absolute atomic E-state index is 0.274. The summed E-state index contributed by atoms with van der Waals surface area (Å²) in [5, 5.41) is 14.2. The maximum atomic E-state index is 13.9. The number of halogens is 2. The lowest BCUT2D eigenvalue weighted by Gasteiger charge is -2.28. The van der Waals surface area contributed by atoms with Gasteiger partial charge in [0.1, 0.15) is 0 Å². The second kappa shape index (κ2) is 6.13. The molecule has 1 saturated heterocycles. The number of rotatable bonds is 4. The monoisotopic (exact) mass is 285 g/mol. The molecule has 0 amide bonds. The number of nitrogens with one attached hydrogen (secondary N) is 1. The number of anilines is 1. The summed E-state index contributed by atoms with van der Waals surface area (Å²) in [5.41, 5.74) is -0.684. The molecule has 0 spiro atoms. The van der Waals surface area contributed by atoms with Gasteiger partial charge < -0.3 is 10.2 Å². The molecule has 0 radical (unpaired) electrons. The average Bonchev–Trinajstić information content (AvgIpc) is 2.42. The van der Waals surface area contributed by atoms with Gasteiger partial charge in [-0.05, 0) is 37.9 Å². The highest BCUT2D eigenvalue weighted by molar-refractivity contribution is 5.64. The van der Waals surface area contributed by atoms with E-state index in [1.54, 1.807) is 7.05 Å². The Morgan fingerprint density at radius 1 is 1.50 bits per heavy atom. The predicted molar refractivity (Wildman–Crippen MR) is 71.9 cm³/mol. The first-order valence-corrected chi connectivity index (χ1v) is 6.55. The zero-order valence-electron chi connectivity index (χ0n) is 11.2. The lowest BCUT2D eigenvalue weighted by molar-refractivity contribution is -0.384. The molecular weight excluding hydrogens is 268 g/mol. The van der Waals surface area contributed by atoms with Crippen LogP contribution in [0.2, 0.25) is 0 Å². The molecule has 1 atom stereocenters. The highest BCUT2D eigenvalue weighted by Crippen LogP contribution is 2.32. The van der Waals surface area contributed by atoms with Crippen molar-refractivity contribution in [2.45, 2.75) is 12.8 Å². The van der Waals surface area contributed by atoms with Crippen LogP contribution in [0.15, 0.2) is 12.1 Å². The van der Waals surface area contributed by atoms with Crippen LogP contribution >= 0.6 is 0 Å². The summed E-state index contributed by atoms with van der Waals surface area (Å²) in [6.07, 6.45) is 1.99. The summed E-state index contributed by atoms with van der Waals surface area (Å²) >= 11 is 0. The number of nitrogens with zero attached hydrogens (tertiary/aromatic N) is 2. The molecule has 20 heavy (non-hydrogen) atoms. The van der Waals surface area contributed by atoms with Gasteiger partial charge in [0.25, 0.3) is 5.69 Å². The fourth-order valence-electron chi connectivity index (χ4n) is 2.60. The zero-order valence-corrected chi connectivity index (χ0v) is 11.2. The smallest absolute Gasteiger partial charge is 0.295 e. The SMILES string of the molecule is CN(CC1CCCNC1)c1c([N+](=O)[O-])ccc(F)c1F. The number of piperidine rings is 1. The van der Waals surface area contributed by atoms with Crippen molar-refractivity contribution < 1.29 is 13.7 Å². The van der Waals surface area contributed by atoms with Gasteiger partial charge in [-0.3, -0.25) is 10.1 Å². The second-order valence-electron chi connectivity index (χ2n) is 5.08. The molecular formula is C13H17F2N3O2. The van der Waals surface area contributed by atoms with E-state index < -0.39 is 22.2 Å². The molecule has 1 unspecified atom stereocenters. The lowest BCUT2D eigenvalue weighted by atomic mass is 9.99. The van der Waals surface area contributed by atoms with Crippen LogP contribution in [0.5, 0.6) is 0 Å². The van der Waals surface area contributed by atoms with Gasteiger partial charge in [-0.2, -0.15) is 0 Å². The van der Waals surface area contributed by atoms with Crippen LogP contribution < -0.4 is 10.2 Å². The third-order valence-corrected chi connectivity index (χ3v) is 3.56. The van der Waals surface area contributed by atoms with E-state index in [0.717, 1.165) is 38.1 Å². The Bertz CT molecular complexity index is 505. The number of nitro benzene ring substituents is 1. The molecule has 5 nitrogen and oxygen atoms in total. The number of hydrogen-bond donors (Lipinski definition) is 1. The molecule has 0 aliphatic carbocycles. The topological polar surface area (TPSA) is 58.4 Å². The van der Waals surface area contributed by atoms with Crippen LogP contribution in [-0.4, -0.2) is 31.6 Å². The Morgan fingerprint density at radius 2 is 2.25 bits per heavy atom. The number of nitro groups is 1. The maximum absolute atomic E-state index is 13.9. The van der Waals surface area contributed by atoms with Gasteiger partial charge in [-0.1, -0.05) is 0 Å². The summed E-state index contributed by atoms with van der Waals surface area (Å²) in [6.45, 7) is 2.19. The molecule has 1 aromatic rings. The van der Waals surface area contributed by atoms with E-state index in [1.807, 2.05) is 0 Å². The van der Waals surface area contributed by atoms with E-state index >= 15 is 0 Å². The highest BCUT2D eigenvalue weighted by atomic mass is 19.2. The standard InChI is InChI=1S/C13H17F2N3O2/c1-17(8-9-3-2-6-16-7-9)13-11(18(19)20)5-4-10(14)12(13)15/h4-5,9,16H,2-3,6-8H2,1H3. The van der Waals surface area contributed by atoms with Gasteiger partial charge in [-0.25, -0.2) is 8.78 Å². The Kier molecular flexibility index (Phi) is 4.49. The van der Waals surface area contributed by atoms with Crippen molar-refractivity contribution in [3.05, 3.63) is 33.9 Å². The van der Waals surface area contributed by atoms with Crippen LogP contribution in [0.3, 0.4) is 0 Å². The van der Waals surface area contributed by atoms with Crippen molar-refractivity contribution in [3.63, 3.8) is 0 Å². The van der Waals surface area contributed by atoms with E-state index in [-0.39, 0.29) is 11.6 Å². The molecule has 1 aliphatic rings. The quantitative estimate of drug-likeness (QED) is 0.681. The first-order chi connectivity index (χ1) is 9.50. The average molecular weight is 285 g/mol. The van der Waals surface area contributed by atoms with Gasteiger partial charge in [0.2, 0.25) is 0 Å². The van der Waals surface area contributed by atoms with Gasteiger partial charge in [-0.15, -0.1) is 0 Å². The van der Waals surface area contributed by atoms with Crippen LogP contribution in [0.25, 0.3) is 0 Å². The van der Waals surface area contributed by atoms with Crippen LogP contribution in [0.1, 0.15) is 12.8 Å². The van der Waals surface area contributed by atoms with Crippen molar-refractivity contribution in [1.82, 2.24) is 5.32 Å². The summed E-state index contributed by atoms with van der Waals surface area (Å²) in [6, 6.07) is 1.79. The highest BCUT2D eigenvalue weighted by Gasteiger charge is 2.26. The van der Waals surface area contributed by atoms with Gasteiger partial charge >= 0.3 is 0 Å². The normalized spacial score (nSPS) is 18.9. The predicted octanol–water partition coefficient (Wildman–Crippen LogP) is 2.31. The summed E-state index contributed by atoms with van der Waals surface area (Å²) < 4.78 is 27.2. The molecule has 2 rings (SSSR count). The van der Waals surface area contributed by atoms with Crippen LogP contribution in [0.4, 0.5) is 20.2 Å². The van der Waals surface area contributed by atoms with E-state index in [0.29, 0.717) is 6.54 Å². The summed E-state index contributed by atoms with van der Waals surface area (Å²) in [7, 11) is 1.56. The van der Waals surface area contributed by atoms with Crippen molar-refractivity contribution in [1.29, 1.82) is 0 Å². The minimum Gasteiger partial charge on any atom is -0.366 e. The second-order valence-corrected chi connectivity index (χ2v) is 5.08. The minimum atomic E-state index is -1.16. The Balaban J connectivity index is 2.25. The number of benzene rings is 1. The molecule has 7 heteroatoms. The largest absolute Gasteiger partial charge is 0.366 e. The fraction of sp³-hybridized carbons (Fsp3) is 0.538. The van der Waals surface area contributed by atoms with Crippen molar-refractivity contribution in [3.8, 4) is 0 Å². The van der Waals surface area contributed by atoms with E-state index in [2.05, 4.69) is 5.32 Å². The van der Waals surface area contributed by atoms with E-state index in [1.165, 1.54) is 4.90 Å². The molecule has 1 fully saturated rings. The molecule has 1 aromatic carbocycles. The number of hydrogen-bond acceptors (Lipinski definition) is 4. The Morgan fingerprint density at radius 3 is 2.85 bits per heavy atom. The Hall–Kier alpha value is -1.76. The van der Waals surface area contributed by atoms with Crippen LogP contribution in [-0.2, 0) is 0 Å². The van der Waals surface area contributed by atoms with Crippen molar-refractivity contribution in [2.24, 2.45) is 5.92 Å². The molecule has 1 heterocycles. The third kappa shape index (κ3) is 3.04. The van der Waals surface area contributed by atoms with Gasteiger partial charge in [0.15, 0.2) is 17.3 Å². The molecule has 0 aromatic heterocycles. The van der Waals surface area contributed by atoms with Gasteiger partial charge in [0, 0.05) is 19.7 Å².